The summed E-state index contributed by atoms with van der Waals surface area (Å²) >= 11 is 0. The van der Waals surface area contributed by atoms with Crippen molar-refractivity contribution in [2.24, 2.45) is 0 Å². The van der Waals surface area contributed by atoms with Crippen molar-refractivity contribution in [2.75, 3.05) is 0 Å². The molecular weight excluding hydrogens is 278 g/mol. The largest absolute Gasteiger partial charge is 0.256 e. The van der Waals surface area contributed by atoms with E-state index in [1.54, 1.807) is 5.57 Å². The summed E-state index contributed by atoms with van der Waals surface area (Å²) in [6.07, 6.45) is 9.30. The topological polar surface area (TPSA) is 12.9 Å². The average molecular weight is 299 g/mol. The number of rotatable bonds is 4. The zero-order chi connectivity index (χ0) is 15.6. The number of unbranched alkanes of at least 4 members (excludes halogenated alkanes) is 1. The smallest absolute Gasteiger partial charge is 0.0702 e. The van der Waals surface area contributed by atoms with Crippen LogP contribution in [-0.4, -0.2) is 4.98 Å². The molecule has 0 fully saturated rings. The van der Waals surface area contributed by atoms with E-state index in [1.807, 2.05) is 12.3 Å². The van der Waals surface area contributed by atoms with Crippen molar-refractivity contribution >= 4 is 17.0 Å². The number of hydrogen-bond acceptors (Lipinski definition) is 1. The van der Waals surface area contributed by atoms with Gasteiger partial charge in [-0.05, 0) is 48.1 Å². The lowest BCUT2D eigenvalue weighted by Gasteiger charge is -2.08. The number of benzene rings is 2. The Balaban J connectivity index is 1.77. The Kier molecular flexibility index (Phi) is 3.70. The van der Waals surface area contributed by atoms with Crippen LogP contribution in [0.2, 0.25) is 0 Å². The Bertz CT molecular complexity index is 889. The molecule has 1 heteroatoms. The van der Waals surface area contributed by atoms with Crippen molar-refractivity contribution in [3.63, 3.8) is 0 Å². The Morgan fingerprint density at radius 1 is 1.04 bits per heavy atom. The van der Waals surface area contributed by atoms with Crippen LogP contribution in [0, 0.1) is 0 Å². The Morgan fingerprint density at radius 3 is 2.87 bits per heavy atom. The van der Waals surface area contributed by atoms with Gasteiger partial charge >= 0.3 is 0 Å². The van der Waals surface area contributed by atoms with Gasteiger partial charge in [-0.15, -0.1) is 0 Å². The van der Waals surface area contributed by atoms with Gasteiger partial charge < -0.3 is 0 Å². The number of allylic oxidation sites excluding steroid dienone is 1. The van der Waals surface area contributed by atoms with Gasteiger partial charge in [0, 0.05) is 17.1 Å². The van der Waals surface area contributed by atoms with E-state index in [0.717, 1.165) is 11.9 Å². The number of nitrogens with zero attached hydrogens (tertiary/aromatic N) is 1. The zero-order valence-corrected chi connectivity index (χ0v) is 13.5. The van der Waals surface area contributed by atoms with Crippen LogP contribution in [0.1, 0.15) is 37.3 Å². The lowest BCUT2D eigenvalue weighted by molar-refractivity contribution is 0.779. The first-order chi connectivity index (χ1) is 11.3. The molecule has 1 heterocycles. The normalized spacial score (nSPS) is 13.2. The minimum absolute atomic E-state index is 1.06. The second-order valence-electron chi connectivity index (χ2n) is 6.38. The molecule has 23 heavy (non-hydrogen) atoms. The van der Waals surface area contributed by atoms with Crippen LogP contribution in [0.4, 0.5) is 0 Å². The van der Waals surface area contributed by atoms with E-state index >= 15 is 0 Å². The molecule has 0 atom stereocenters. The maximum atomic E-state index is 4.63. The van der Waals surface area contributed by atoms with E-state index in [-0.39, 0.29) is 0 Å². The average Bonchev–Trinajstić information content (AvgIpc) is 3.02. The van der Waals surface area contributed by atoms with Gasteiger partial charge in [-0.1, -0.05) is 61.4 Å². The van der Waals surface area contributed by atoms with Gasteiger partial charge in [-0.2, -0.15) is 0 Å². The minimum atomic E-state index is 1.06. The molecule has 114 valence electrons. The van der Waals surface area contributed by atoms with E-state index in [4.69, 9.17) is 0 Å². The highest BCUT2D eigenvalue weighted by Gasteiger charge is 2.16. The molecule has 3 aromatic rings. The highest BCUT2D eigenvalue weighted by atomic mass is 14.6. The van der Waals surface area contributed by atoms with E-state index in [0.29, 0.717) is 0 Å². The molecule has 0 N–H and O–H groups in total. The maximum absolute atomic E-state index is 4.63. The molecule has 0 saturated carbocycles. The van der Waals surface area contributed by atoms with Gasteiger partial charge in [0.2, 0.25) is 0 Å². The van der Waals surface area contributed by atoms with Crippen LogP contribution in [0.15, 0.2) is 60.3 Å². The quantitative estimate of drug-likeness (QED) is 0.573. The molecule has 1 aliphatic carbocycles. The Hall–Kier alpha value is -2.41. The number of hydrogen-bond donors (Lipinski definition) is 0. The number of para-hydroxylation sites is 1. The molecule has 1 aromatic heterocycles. The molecule has 0 saturated heterocycles. The summed E-state index contributed by atoms with van der Waals surface area (Å²) in [6, 6.07) is 17.3. The summed E-state index contributed by atoms with van der Waals surface area (Å²) in [5.41, 5.74) is 8.02. The van der Waals surface area contributed by atoms with Crippen LogP contribution < -0.4 is 0 Å². The van der Waals surface area contributed by atoms with Gasteiger partial charge in [0.15, 0.2) is 0 Å². The summed E-state index contributed by atoms with van der Waals surface area (Å²) in [5, 5.41) is 1.20. The Morgan fingerprint density at radius 2 is 1.96 bits per heavy atom. The van der Waals surface area contributed by atoms with Gasteiger partial charge in [-0.25, -0.2) is 0 Å². The summed E-state index contributed by atoms with van der Waals surface area (Å²) in [5.74, 6) is 0. The van der Waals surface area contributed by atoms with Crippen molar-refractivity contribution in [1.29, 1.82) is 0 Å². The highest BCUT2D eigenvalue weighted by molar-refractivity contribution is 5.87. The van der Waals surface area contributed by atoms with Gasteiger partial charge in [-0.3, -0.25) is 4.98 Å². The monoisotopic (exact) mass is 299 g/mol. The first-order valence-electron chi connectivity index (χ1n) is 8.51. The summed E-state index contributed by atoms with van der Waals surface area (Å²) in [7, 11) is 0. The molecule has 2 aromatic carbocycles. The first-order valence-corrected chi connectivity index (χ1v) is 8.51. The molecule has 4 rings (SSSR count). The first kappa shape index (κ1) is 14.2. The van der Waals surface area contributed by atoms with Crippen molar-refractivity contribution in [3.8, 4) is 11.1 Å². The fraction of sp³-hybridized carbons (Fsp3) is 0.227. The second kappa shape index (κ2) is 6.00. The molecule has 1 aliphatic rings. The fourth-order valence-corrected chi connectivity index (χ4v) is 3.47. The summed E-state index contributed by atoms with van der Waals surface area (Å²) < 4.78 is 0. The Labute approximate surface area is 137 Å². The second-order valence-corrected chi connectivity index (χ2v) is 6.38. The van der Waals surface area contributed by atoms with E-state index in [1.165, 1.54) is 46.9 Å². The highest BCUT2D eigenvalue weighted by Crippen LogP contribution is 2.35. The third kappa shape index (κ3) is 2.68. The van der Waals surface area contributed by atoms with Gasteiger partial charge in [0.1, 0.15) is 0 Å². The third-order valence-corrected chi connectivity index (χ3v) is 4.72. The number of pyridine rings is 1. The van der Waals surface area contributed by atoms with Gasteiger partial charge in [0.25, 0.3) is 0 Å². The minimum Gasteiger partial charge on any atom is -0.256 e. The van der Waals surface area contributed by atoms with E-state index < -0.39 is 0 Å². The standard InChI is InChI=1S/C22H21N/c1-2-3-7-16-12-17-9-6-10-20(21(17)13-16)19-14-18-8-4-5-11-22(18)23-15-19/h4-6,8-11,13-15H,2-3,7,12H2,1H3. The predicted octanol–water partition coefficient (Wildman–Crippen LogP) is 6.03. The molecule has 0 radical (unpaired) electrons. The number of fused-ring (bicyclic) bond motifs is 2. The summed E-state index contributed by atoms with van der Waals surface area (Å²) in [6.45, 7) is 2.26. The van der Waals surface area contributed by atoms with Crippen molar-refractivity contribution in [2.45, 2.75) is 32.6 Å². The third-order valence-electron chi connectivity index (χ3n) is 4.72. The zero-order valence-electron chi connectivity index (χ0n) is 13.5. The van der Waals surface area contributed by atoms with Crippen LogP contribution in [0.5, 0.6) is 0 Å². The lowest BCUT2D eigenvalue weighted by Crippen LogP contribution is -1.89. The molecule has 0 aliphatic heterocycles. The fourth-order valence-electron chi connectivity index (χ4n) is 3.47. The van der Waals surface area contributed by atoms with E-state index in [2.05, 4.69) is 60.4 Å². The van der Waals surface area contributed by atoms with Crippen LogP contribution in [0.3, 0.4) is 0 Å². The van der Waals surface area contributed by atoms with E-state index in [9.17, 15) is 0 Å². The van der Waals surface area contributed by atoms with Crippen molar-refractivity contribution in [1.82, 2.24) is 4.98 Å². The van der Waals surface area contributed by atoms with Crippen LogP contribution in [0.25, 0.3) is 28.1 Å². The summed E-state index contributed by atoms with van der Waals surface area (Å²) in [4.78, 5) is 4.63. The van der Waals surface area contributed by atoms with Crippen molar-refractivity contribution in [3.05, 3.63) is 71.4 Å². The van der Waals surface area contributed by atoms with Crippen LogP contribution in [-0.2, 0) is 6.42 Å². The maximum Gasteiger partial charge on any atom is 0.0702 e. The lowest BCUT2D eigenvalue weighted by atomic mass is 9.97. The molecule has 1 nitrogen and oxygen atoms in total. The molecule has 0 spiro atoms. The van der Waals surface area contributed by atoms with Gasteiger partial charge in [0.05, 0.1) is 5.52 Å². The molecule has 0 unspecified atom stereocenters. The SMILES string of the molecule is CCCCC1=Cc2c(cccc2-c2cnc3ccccc3c2)C1. The predicted molar refractivity (Wildman–Crippen MR) is 98.4 cm³/mol. The number of aromatic nitrogens is 1. The molecule has 0 bridgehead atoms. The molecule has 0 amide bonds. The van der Waals surface area contributed by atoms with Crippen LogP contribution >= 0.6 is 0 Å². The van der Waals surface area contributed by atoms with Crippen molar-refractivity contribution < 1.29 is 0 Å². The molecular formula is C22H21N.